The number of likely N-dealkylation sites (N-methyl/N-ethyl adjacent to an activating group) is 1. The lowest BCUT2D eigenvalue weighted by Gasteiger charge is -2.32. The van der Waals surface area contributed by atoms with Crippen LogP contribution in [0.3, 0.4) is 0 Å². The second kappa shape index (κ2) is 3.33. The Morgan fingerprint density at radius 2 is 2.36 bits per heavy atom. The molecule has 0 spiro atoms. The van der Waals surface area contributed by atoms with E-state index >= 15 is 0 Å². The van der Waals surface area contributed by atoms with Gasteiger partial charge < -0.3 is 15.4 Å². The van der Waals surface area contributed by atoms with Crippen LogP contribution in [0, 0.1) is 0 Å². The van der Waals surface area contributed by atoms with E-state index in [-0.39, 0.29) is 6.04 Å². The average molecular weight is 190 g/mol. The predicted octanol–water partition coefficient (Wildman–Crippen LogP) is 1.22. The Labute approximate surface area is 83.5 Å². The van der Waals surface area contributed by atoms with Crippen LogP contribution in [0.15, 0.2) is 18.2 Å². The zero-order valence-electron chi connectivity index (χ0n) is 8.23. The van der Waals surface area contributed by atoms with Crippen LogP contribution >= 0.6 is 0 Å². The normalized spacial score (nSPS) is 20.4. The first kappa shape index (κ1) is 9.06. The van der Waals surface area contributed by atoms with Crippen molar-refractivity contribution in [1.29, 1.82) is 0 Å². The fourth-order valence-corrected chi connectivity index (χ4v) is 1.98. The van der Waals surface area contributed by atoms with Crippen LogP contribution in [0.4, 0.5) is 11.4 Å². The minimum Gasteiger partial charge on any atom is -0.399 e. The van der Waals surface area contributed by atoms with Gasteiger partial charge in [0.25, 0.3) is 0 Å². The van der Waals surface area contributed by atoms with Gasteiger partial charge in [-0.3, -0.25) is 0 Å². The van der Waals surface area contributed by atoms with E-state index in [1.807, 2.05) is 30.1 Å². The van der Waals surface area contributed by atoms with Gasteiger partial charge in [0.2, 0.25) is 0 Å². The molecule has 1 aliphatic rings. The predicted molar refractivity (Wildman–Crippen MR) is 57.4 cm³/mol. The van der Waals surface area contributed by atoms with Gasteiger partial charge in [-0.1, -0.05) is 0 Å². The minimum absolute atomic E-state index is 0.0196. The van der Waals surface area contributed by atoms with E-state index in [1.54, 1.807) is 0 Å². The standard InChI is InChI=1S/C11H14N2O/c1-13-10(7-14)4-2-8-6-9(12)3-5-11(8)13/h3,5-7,10H,2,4,12H2,1H3. The van der Waals surface area contributed by atoms with Gasteiger partial charge >= 0.3 is 0 Å². The number of aldehydes is 1. The van der Waals surface area contributed by atoms with Gasteiger partial charge in [0.1, 0.15) is 6.29 Å². The van der Waals surface area contributed by atoms with Crippen LogP contribution in [0.25, 0.3) is 0 Å². The molecular weight excluding hydrogens is 176 g/mol. The summed E-state index contributed by atoms with van der Waals surface area (Å²) in [6, 6.07) is 5.88. The van der Waals surface area contributed by atoms with Crippen molar-refractivity contribution >= 4 is 17.7 Å². The summed E-state index contributed by atoms with van der Waals surface area (Å²) in [5, 5.41) is 0. The third-order valence-corrected chi connectivity index (χ3v) is 2.85. The molecule has 0 fully saturated rings. The maximum Gasteiger partial charge on any atom is 0.142 e. The van der Waals surface area contributed by atoms with E-state index in [4.69, 9.17) is 5.73 Å². The molecule has 3 nitrogen and oxygen atoms in total. The number of anilines is 2. The van der Waals surface area contributed by atoms with Gasteiger partial charge in [0.05, 0.1) is 6.04 Å². The van der Waals surface area contributed by atoms with E-state index in [0.29, 0.717) is 0 Å². The number of carbonyl (C=O) groups excluding carboxylic acids is 1. The molecule has 0 aliphatic carbocycles. The van der Waals surface area contributed by atoms with Crippen LogP contribution in [-0.2, 0) is 11.2 Å². The molecule has 1 aromatic rings. The number of benzene rings is 1. The molecule has 3 heteroatoms. The van der Waals surface area contributed by atoms with Gasteiger partial charge in [-0.2, -0.15) is 0 Å². The Hall–Kier alpha value is -1.51. The molecule has 0 amide bonds. The topological polar surface area (TPSA) is 46.3 Å². The fourth-order valence-electron chi connectivity index (χ4n) is 1.98. The number of nitrogens with zero attached hydrogens (tertiary/aromatic N) is 1. The zero-order valence-corrected chi connectivity index (χ0v) is 8.23. The fraction of sp³-hybridized carbons (Fsp3) is 0.364. The van der Waals surface area contributed by atoms with Crippen molar-refractivity contribution in [3.8, 4) is 0 Å². The zero-order chi connectivity index (χ0) is 10.1. The first-order valence-electron chi connectivity index (χ1n) is 4.79. The number of rotatable bonds is 1. The first-order chi connectivity index (χ1) is 6.72. The molecule has 0 saturated heterocycles. The number of nitrogen functional groups attached to an aromatic ring is 1. The molecule has 74 valence electrons. The number of carbonyl (C=O) groups is 1. The van der Waals surface area contributed by atoms with Crippen LogP contribution in [0.1, 0.15) is 12.0 Å². The van der Waals surface area contributed by atoms with E-state index in [2.05, 4.69) is 0 Å². The van der Waals surface area contributed by atoms with Crippen molar-refractivity contribution in [2.45, 2.75) is 18.9 Å². The highest BCUT2D eigenvalue weighted by Gasteiger charge is 2.22. The molecule has 0 saturated carbocycles. The number of nitrogens with two attached hydrogens (primary N) is 1. The van der Waals surface area contributed by atoms with Crippen molar-refractivity contribution in [3.63, 3.8) is 0 Å². The van der Waals surface area contributed by atoms with Crippen molar-refractivity contribution < 1.29 is 4.79 Å². The van der Waals surface area contributed by atoms with E-state index in [0.717, 1.165) is 30.5 Å². The Morgan fingerprint density at radius 1 is 1.57 bits per heavy atom. The Bertz CT molecular complexity index is 362. The molecule has 1 aromatic carbocycles. The first-order valence-corrected chi connectivity index (χ1v) is 4.79. The number of hydrogen-bond donors (Lipinski definition) is 1. The highest BCUT2D eigenvalue weighted by Crippen LogP contribution is 2.30. The van der Waals surface area contributed by atoms with Crippen molar-refractivity contribution in [2.75, 3.05) is 17.7 Å². The second-order valence-corrected chi connectivity index (χ2v) is 3.74. The Morgan fingerprint density at radius 3 is 3.07 bits per heavy atom. The molecule has 14 heavy (non-hydrogen) atoms. The lowest BCUT2D eigenvalue weighted by atomic mass is 9.96. The van der Waals surface area contributed by atoms with Crippen LogP contribution in [0.5, 0.6) is 0 Å². The third-order valence-electron chi connectivity index (χ3n) is 2.85. The van der Waals surface area contributed by atoms with Gasteiger partial charge in [-0.05, 0) is 36.6 Å². The maximum atomic E-state index is 10.8. The molecule has 0 aromatic heterocycles. The lowest BCUT2D eigenvalue weighted by molar-refractivity contribution is -0.109. The number of hydrogen-bond acceptors (Lipinski definition) is 3. The van der Waals surface area contributed by atoms with Crippen LogP contribution in [0.2, 0.25) is 0 Å². The SMILES string of the molecule is CN1c2ccc(N)cc2CCC1C=O. The highest BCUT2D eigenvalue weighted by atomic mass is 16.1. The Balaban J connectivity index is 2.40. The van der Waals surface area contributed by atoms with Gasteiger partial charge in [-0.15, -0.1) is 0 Å². The summed E-state index contributed by atoms with van der Waals surface area (Å²) >= 11 is 0. The summed E-state index contributed by atoms with van der Waals surface area (Å²) in [6.45, 7) is 0. The molecular formula is C11H14N2O. The summed E-state index contributed by atoms with van der Waals surface area (Å²) in [5.41, 5.74) is 8.87. The number of fused-ring (bicyclic) bond motifs is 1. The average Bonchev–Trinajstić information content (AvgIpc) is 2.18. The monoisotopic (exact) mass is 190 g/mol. The Kier molecular flexibility index (Phi) is 2.15. The summed E-state index contributed by atoms with van der Waals surface area (Å²) in [5.74, 6) is 0. The van der Waals surface area contributed by atoms with Gasteiger partial charge in [0.15, 0.2) is 0 Å². The third kappa shape index (κ3) is 1.35. The van der Waals surface area contributed by atoms with Gasteiger partial charge in [-0.25, -0.2) is 0 Å². The summed E-state index contributed by atoms with van der Waals surface area (Å²) in [6.07, 6.45) is 2.84. The van der Waals surface area contributed by atoms with Crippen LogP contribution in [-0.4, -0.2) is 19.4 Å². The quantitative estimate of drug-likeness (QED) is 0.535. The van der Waals surface area contributed by atoms with Gasteiger partial charge in [0, 0.05) is 18.4 Å². The smallest absolute Gasteiger partial charge is 0.142 e. The molecule has 2 rings (SSSR count). The summed E-state index contributed by atoms with van der Waals surface area (Å²) in [4.78, 5) is 12.8. The van der Waals surface area contributed by atoms with E-state index in [9.17, 15) is 4.79 Å². The molecule has 1 aliphatic heterocycles. The second-order valence-electron chi connectivity index (χ2n) is 3.74. The van der Waals surface area contributed by atoms with E-state index < -0.39 is 0 Å². The molecule has 2 N–H and O–H groups in total. The molecule has 0 radical (unpaired) electrons. The molecule has 1 unspecified atom stereocenters. The summed E-state index contributed by atoms with van der Waals surface area (Å²) < 4.78 is 0. The number of aryl methyl sites for hydroxylation is 1. The summed E-state index contributed by atoms with van der Waals surface area (Å²) in [7, 11) is 1.95. The van der Waals surface area contributed by atoms with Crippen LogP contribution < -0.4 is 10.6 Å². The van der Waals surface area contributed by atoms with E-state index in [1.165, 1.54) is 5.56 Å². The van der Waals surface area contributed by atoms with Crippen molar-refractivity contribution in [2.24, 2.45) is 0 Å². The molecule has 1 atom stereocenters. The molecule has 0 bridgehead atoms. The van der Waals surface area contributed by atoms with Crippen molar-refractivity contribution in [3.05, 3.63) is 23.8 Å². The lowest BCUT2D eigenvalue weighted by Crippen LogP contribution is -2.37. The maximum absolute atomic E-state index is 10.8. The highest BCUT2D eigenvalue weighted by molar-refractivity contribution is 5.70. The minimum atomic E-state index is 0.0196. The molecule has 1 heterocycles. The largest absolute Gasteiger partial charge is 0.399 e. The van der Waals surface area contributed by atoms with Crippen molar-refractivity contribution in [1.82, 2.24) is 0 Å².